The Kier molecular flexibility index (Phi) is 4.10. The molecular weight excluding hydrogens is 298 g/mol. The molecule has 1 heterocycles. The number of carboxylic acids is 1. The number of hydrogen-bond donors (Lipinski definition) is 2. The number of carbonyl (C=O) groups is 2. The number of aromatic hydroxyl groups is 1. The molecule has 0 radical (unpaired) electrons. The van der Waals surface area contributed by atoms with E-state index in [4.69, 9.17) is 17.3 Å². The zero-order valence-electron chi connectivity index (χ0n) is 10.5. The highest BCUT2D eigenvalue weighted by Crippen LogP contribution is 2.32. The molecule has 2 rings (SSSR count). The van der Waals surface area contributed by atoms with Gasteiger partial charge in [-0.3, -0.25) is 14.5 Å². The highest BCUT2D eigenvalue weighted by atomic mass is 32.2. The number of thioether (sulfide) groups is 1. The number of aliphatic carboxylic acids is 1. The van der Waals surface area contributed by atoms with E-state index in [1.165, 1.54) is 0 Å². The quantitative estimate of drug-likeness (QED) is 0.657. The lowest BCUT2D eigenvalue weighted by atomic mass is 10.1. The number of phenolic OH excluding ortho intramolecular Hbond substituents is 1. The maximum absolute atomic E-state index is 12.0. The van der Waals surface area contributed by atoms with Crippen molar-refractivity contribution in [2.45, 2.75) is 6.92 Å². The van der Waals surface area contributed by atoms with E-state index >= 15 is 0 Å². The number of carboxylic acid groups (broad SMARTS) is 1. The highest BCUT2D eigenvalue weighted by molar-refractivity contribution is 8.26. The van der Waals surface area contributed by atoms with Gasteiger partial charge >= 0.3 is 5.97 Å². The largest absolute Gasteiger partial charge is 0.508 e. The second-order valence-corrected chi connectivity index (χ2v) is 5.88. The molecule has 1 aliphatic rings. The van der Waals surface area contributed by atoms with Crippen LogP contribution in [0.1, 0.15) is 11.1 Å². The van der Waals surface area contributed by atoms with Crippen LogP contribution in [0, 0.1) is 6.92 Å². The van der Waals surface area contributed by atoms with Gasteiger partial charge in [0.15, 0.2) is 0 Å². The number of benzene rings is 1. The van der Waals surface area contributed by atoms with Gasteiger partial charge in [-0.05, 0) is 36.3 Å². The first-order valence-corrected chi connectivity index (χ1v) is 6.87. The Hall–Kier alpha value is -1.86. The molecule has 5 nitrogen and oxygen atoms in total. The third kappa shape index (κ3) is 3.00. The predicted molar refractivity (Wildman–Crippen MR) is 80.4 cm³/mol. The summed E-state index contributed by atoms with van der Waals surface area (Å²) in [6.07, 6.45) is 1.63. The molecule has 20 heavy (non-hydrogen) atoms. The number of phenols is 1. The van der Waals surface area contributed by atoms with E-state index in [2.05, 4.69) is 0 Å². The minimum absolute atomic E-state index is 0.181. The Labute approximate surface area is 124 Å². The zero-order chi connectivity index (χ0) is 14.9. The summed E-state index contributed by atoms with van der Waals surface area (Å²) in [5.41, 5.74) is 1.44. The Morgan fingerprint density at radius 1 is 1.50 bits per heavy atom. The summed E-state index contributed by atoms with van der Waals surface area (Å²) in [4.78, 5) is 24.2. The average molecular weight is 309 g/mol. The van der Waals surface area contributed by atoms with Crippen molar-refractivity contribution in [2.24, 2.45) is 0 Å². The summed E-state index contributed by atoms with van der Waals surface area (Å²) >= 11 is 6.07. The summed E-state index contributed by atoms with van der Waals surface area (Å²) in [7, 11) is 0. The van der Waals surface area contributed by atoms with Gasteiger partial charge in [0.1, 0.15) is 16.6 Å². The van der Waals surface area contributed by atoms with Crippen LogP contribution in [0.3, 0.4) is 0 Å². The van der Waals surface area contributed by atoms with Crippen LogP contribution in [0.5, 0.6) is 5.75 Å². The number of hydrogen-bond acceptors (Lipinski definition) is 5. The molecule has 2 N–H and O–H groups in total. The third-order valence-corrected chi connectivity index (χ3v) is 4.06. The van der Waals surface area contributed by atoms with E-state index in [1.807, 2.05) is 0 Å². The van der Waals surface area contributed by atoms with Crippen LogP contribution in [0.4, 0.5) is 0 Å². The average Bonchev–Trinajstić information content (AvgIpc) is 2.61. The summed E-state index contributed by atoms with van der Waals surface area (Å²) < 4.78 is 0.235. The number of rotatable bonds is 3. The lowest BCUT2D eigenvalue weighted by molar-refractivity contribution is -0.140. The van der Waals surface area contributed by atoms with Gasteiger partial charge in [-0.15, -0.1) is 0 Å². The molecule has 1 fully saturated rings. The van der Waals surface area contributed by atoms with Crippen molar-refractivity contribution in [1.29, 1.82) is 0 Å². The molecule has 1 aliphatic heterocycles. The Morgan fingerprint density at radius 3 is 2.80 bits per heavy atom. The van der Waals surface area contributed by atoms with Crippen molar-refractivity contribution < 1.29 is 19.8 Å². The minimum Gasteiger partial charge on any atom is -0.508 e. The van der Waals surface area contributed by atoms with Crippen LogP contribution >= 0.6 is 24.0 Å². The topological polar surface area (TPSA) is 77.8 Å². The molecule has 0 spiro atoms. The molecule has 0 atom stereocenters. The number of carbonyl (C=O) groups excluding carboxylic acids is 1. The van der Waals surface area contributed by atoms with E-state index < -0.39 is 18.4 Å². The normalized spacial score (nSPS) is 17.1. The van der Waals surface area contributed by atoms with E-state index in [0.717, 1.165) is 22.2 Å². The molecular formula is C13H11NO4S2. The van der Waals surface area contributed by atoms with Gasteiger partial charge in [0, 0.05) is 0 Å². The van der Waals surface area contributed by atoms with Gasteiger partial charge < -0.3 is 10.2 Å². The molecule has 0 aliphatic carbocycles. The Morgan fingerprint density at radius 2 is 2.20 bits per heavy atom. The summed E-state index contributed by atoms with van der Waals surface area (Å²) in [6, 6.07) is 4.95. The predicted octanol–water partition coefficient (Wildman–Crippen LogP) is 1.99. The second-order valence-electron chi connectivity index (χ2n) is 4.21. The summed E-state index contributed by atoms with van der Waals surface area (Å²) in [5, 5.41) is 18.2. The van der Waals surface area contributed by atoms with E-state index in [-0.39, 0.29) is 10.1 Å². The van der Waals surface area contributed by atoms with Gasteiger partial charge in [0.05, 0.1) is 4.91 Å². The number of amides is 1. The van der Waals surface area contributed by atoms with Gasteiger partial charge in [0.2, 0.25) is 0 Å². The van der Waals surface area contributed by atoms with Gasteiger partial charge in [-0.1, -0.05) is 30.0 Å². The van der Waals surface area contributed by atoms with Crippen LogP contribution in [0.15, 0.2) is 23.1 Å². The number of thiocarbonyl (C=S) groups is 1. The smallest absolute Gasteiger partial charge is 0.323 e. The standard InChI is InChI=1S/C13H11NO4S2/c1-7-4-8(2-3-9(7)15)5-10-12(18)14(6-11(16)17)13(19)20-10/h2-5,15H,6H2,1H3,(H,16,17). The molecule has 104 valence electrons. The zero-order valence-corrected chi connectivity index (χ0v) is 12.1. The number of aryl methyl sites for hydroxylation is 1. The first-order chi connectivity index (χ1) is 9.38. The van der Waals surface area contributed by atoms with Crippen LogP contribution in [-0.4, -0.2) is 37.9 Å². The van der Waals surface area contributed by atoms with Gasteiger partial charge in [0.25, 0.3) is 5.91 Å². The van der Waals surface area contributed by atoms with E-state index in [9.17, 15) is 14.7 Å². The molecule has 1 amide bonds. The minimum atomic E-state index is -1.11. The van der Waals surface area contributed by atoms with Crippen molar-refractivity contribution in [3.05, 3.63) is 34.2 Å². The first-order valence-electron chi connectivity index (χ1n) is 5.65. The van der Waals surface area contributed by atoms with Crippen molar-refractivity contribution in [1.82, 2.24) is 4.90 Å². The van der Waals surface area contributed by atoms with Gasteiger partial charge in [-0.2, -0.15) is 0 Å². The van der Waals surface area contributed by atoms with Crippen LogP contribution in [-0.2, 0) is 9.59 Å². The molecule has 7 heteroatoms. The van der Waals surface area contributed by atoms with E-state index in [0.29, 0.717) is 10.5 Å². The monoisotopic (exact) mass is 309 g/mol. The van der Waals surface area contributed by atoms with Gasteiger partial charge in [-0.25, -0.2) is 0 Å². The second kappa shape index (κ2) is 5.64. The summed E-state index contributed by atoms with van der Waals surface area (Å²) in [6.45, 7) is 1.32. The van der Waals surface area contributed by atoms with E-state index in [1.54, 1.807) is 31.2 Å². The molecule has 1 aromatic carbocycles. The fourth-order valence-corrected chi connectivity index (χ4v) is 2.95. The maximum Gasteiger partial charge on any atom is 0.323 e. The van der Waals surface area contributed by atoms with Crippen LogP contribution in [0.25, 0.3) is 6.08 Å². The van der Waals surface area contributed by atoms with Crippen molar-refractivity contribution in [3.8, 4) is 5.75 Å². The fourth-order valence-electron chi connectivity index (χ4n) is 1.69. The van der Waals surface area contributed by atoms with Crippen molar-refractivity contribution in [3.63, 3.8) is 0 Å². The van der Waals surface area contributed by atoms with Crippen molar-refractivity contribution >= 4 is 46.3 Å². The maximum atomic E-state index is 12.0. The molecule has 0 unspecified atom stereocenters. The Bertz CT molecular complexity index is 639. The Balaban J connectivity index is 2.27. The lowest BCUT2D eigenvalue weighted by Gasteiger charge is -2.10. The molecule has 0 aromatic heterocycles. The number of nitrogens with zero attached hydrogens (tertiary/aromatic N) is 1. The molecule has 1 saturated heterocycles. The highest BCUT2D eigenvalue weighted by Gasteiger charge is 2.33. The van der Waals surface area contributed by atoms with Crippen LogP contribution < -0.4 is 0 Å². The first kappa shape index (κ1) is 14.5. The van der Waals surface area contributed by atoms with Crippen molar-refractivity contribution in [2.75, 3.05) is 6.54 Å². The summed E-state index contributed by atoms with van der Waals surface area (Å²) in [5.74, 6) is -1.34. The fraction of sp³-hybridized carbons (Fsp3) is 0.154. The molecule has 0 saturated carbocycles. The SMILES string of the molecule is Cc1cc(C=C2SC(=S)N(CC(=O)O)C2=O)ccc1O. The lowest BCUT2D eigenvalue weighted by Crippen LogP contribution is -2.33. The van der Waals surface area contributed by atoms with Crippen LogP contribution in [0.2, 0.25) is 0 Å². The third-order valence-electron chi connectivity index (χ3n) is 2.69. The molecule has 0 bridgehead atoms. The molecule has 1 aromatic rings.